The quantitative estimate of drug-likeness (QED) is 0.472. The van der Waals surface area contributed by atoms with Crippen LogP contribution in [0, 0.1) is 6.92 Å². The Morgan fingerprint density at radius 2 is 2.20 bits per heavy atom. The molecule has 6 nitrogen and oxygen atoms in total. The third kappa shape index (κ3) is 4.83. The van der Waals surface area contributed by atoms with Crippen LogP contribution in [0.3, 0.4) is 0 Å². The molecule has 0 bridgehead atoms. The second-order valence-corrected chi connectivity index (χ2v) is 5.23. The van der Waals surface area contributed by atoms with Gasteiger partial charge in [0.25, 0.3) is 0 Å². The number of hydrogen-bond acceptors (Lipinski definition) is 4. The van der Waals surface area contributed by atoms with Crippen LogP contribution in [0.15, 0.2) is 9.52 Å². The molecule has 0 saturated heterocycles. The molecule has 0 unspecified atom stereocenters. The molecule has 0 radical (unpaired) electrons. The number of nitrogens with zero attached hydrogens (tertiary/aromatic N) is 3. The summed E-state index contributed by atoms with van der Waals surface area (Å²) in [6.07, 6.45) is 6.87. The van der Waals surface area contributed by atoms with Gasteiger partial charge < -0.3 is 15.2 Å². The van der Waals surface area contributed by atoms with Crippen molar-refractivity contribution in [1.29, 1.82) is 0 Å². The zero-order chi connectivity index (χ0) is 14.2. The van der Waals surface area contributed by atoms with Crippen molar-refractivity contribution in [1.82, 2.24) is 20.8 Å². The molecule has 1 aliphatic carbocycles. The lowest BCUT2D eigenvalue weighted by Crippen LogP contribution is -2.42. The van der Waals surface area contributed by atoms with Crippen LogP contribution in [-0.4, -0.2) is 35.2 Å². The van der Waals surface area contributed by atoms with Gasteiger partial charge in [0.05, 0.1) is 0 Å². The Morgan fingerprint density at radius 3 is 2.85 bits per heavy atom. The Morgan fingerprint density at radius 1 is 1.40 bits per heavy atom. The molecule has 20 heavy (non-hydrogen) atoms. The van der Waals surface area contributed by atoms with Crippen LogP contribution >= 0.6 is 0 Å². The maximum absolute atomic E-state index is 5.09. The van der Waals surface area contributed by atoms with E-state index < -0.39 is 0 Å². The van der Waals surface area contributed by atoms with Gasteiger partial charge in [-0.15, -0.1) is 0 Å². The van der Waals surface area contributed by atoms with Crippen LogP contribution in [0.4, 0.5) is 0 Å². The molecule has 1 heterocycles. The van der Waals surface area contributed by atoms with Crippen LogP contribution in [0.2, 0.25) is 0 Å². The van der Waals surface area contributed by atoms with E-state index in [1.54, 1.807) is 0 Å². The van der Waals surface area contributed by atoms with Gasteiger partial charge >= 0.3 is 0 Å². The zero-order valence-corrected chi connectivity index (χ0v) is 12.5. The molecule has 0 aromatic carbocycles. The van der Waals surface area contributed by atoms with Crippen molar-refractivity contribution in [3.05, 3.63) is 11.7 Å². The number of aliphatic imine (C=N–C) groups is 1. The third-order valence-electron chi connectivity index (χ3n) is 3.43. The van der Waals surface area contributed by atoms with Crippen LogP contribution in [-0.2, 0) is 6.42 Å². The highest BCUT2D eigenvalue weighted by atomic mass is 16.5. The summed E-state index contributed by atoms with van der Waals surface area (Å²) in [7, 11) is 0. The van der Waals surface area contributed by atoms with E-state index in [1.165, 1.54) is 25.7 Å². The summed E-state index contributed by atoms with van der Waals surface area (Å²) in [6.45, 7) is 5.58. The number of nitrogens with one attached hydrogen (secondary N) is 2. The first kappa shape index (κ1) is 14.8. The minimum Gasteiger partial charge on any atom is -0.357 e. The zero-order valence-electron chi connectivity index (χ0n) is 12.5. The highest BCUT2D eigenvalue weighted by molar-refractivity contribution is 5.80. The van der Waals surface area contributed by atoms with Crippen LogP contribution in [0.5, 0.6) is 0 Å². The topological polar surface area (TPSA) is 75.3 Å². The fourth-order valence-electron chi connectivity index (χ4n) is 2.45. The molecule has 6 heteroatoms. The average Bonchev–Trinajstić information content (AvgIpc) is 3.06. The van der Waals surface area contributed by atoms with E-state index in [0.717, 1.165) is 31.9 Å². The maximum atomic E-state index is 5.09. The summed E-state index contributed by atoms with van der Waals surface area (Å²) >= 11 is 0. The van der Waals surface area contributed by atoms with Crippen LogP contribution in [0.25, 0.3) is 0 Å². The van der Waals surface area contributed by atoms with Gasteiger partial charge in [-0.1, -0.05) is 18.0 Å². The Balaban J connectivity index is 1.73. The molecule has 1 aromatic rings. The molecular weight excluding hydrogens is 254 g/mol. The molecule has 1 fully saturated rings. The van der Waals surface area contributed by atoms with Crippen molar-refractivity contribution in [2.24, 2.45) is 4.99 Å². The van der Waals surface area contributed by atoms with Gasteiger partial charge in [-0.3, -0.25) is 4.99 Å². The minimum atomic E-state index is 0.589. The Labute approximate surface area is 120 Å². The number of aromatic nitrogens is 2. The van der Waals surface area contributed by atoms with Gasteiger partial charge in [-0.2, -0.15) is 4.98 Å². The monoisotopic (exact) mass is 279 g/mol. The fourth-order valence-corrected chi connectivity index (χ4v) is 2.45. The molecule has 112 valence electrons. The van der Waals surface area contributed by atoms with Gasteiger partial charge in [-0.25, -0.2) is 0 Å². The Hall–Kier alpha value is -1.59. The minimum absolute atomic E-state index is 0.589. The second-order valence-electron chi connectivity index (χ2n) is 5.23. The van der Waals surface area contributed by atoms with Gasteiger partial charge in [0.1, 0.15) is 0 Å². The van der Waals surface area contributed by atoms with Gasteiger partial charge in [0, 0.05) is 25.6 Å². The number of rotatable bonds is 6. The summed E-state index contributed by atoms with van der Waals surface area (Å²) in [4.78, 5) is 8.79. The fraction of sp³-hybridized carbons (Fsp3) is 0.786. The normalized spacial score (nSPS) is 16.6. The van der Waals surface area contributed by atoms with Crippen molar-refractivity contribution < 1.29 is 4.52 Å². The summed E-state index contributed by atoms with van der Waals surface area (Å²) < 4.78 is 5.09. The molecule has 1 aliphatic rings. The second kappa shape index (κ2) is 7.87. The SMILES string of the molecule is CCNC(=NCCCc1nc(C)no1)NC1CCCC1. The van der Waals surface area contributed by atoms with Gasteiger partial charge in [0.15, 0.2) is 11.8 Å². The van der Waals surface area contributed by atoms with E-state index in [4.69, 9.17) is 4.52 Å². The lowest BCUT2D eigenvalue weighted by Gasteiger charge is -2.16. The van der Waals surface area contributed by atoms with Gasteiger partial charge in [-0.05, 0) is 33.1 Å². The van der Waals surface area contributed by atoms with Crippen molar-refractivity contribution in [3.63, 3.8) is 0 Å². The molecule has 2 N–H and O–H groups in total. The Kier molecular flexibility index (Phi) is 5.83. The lowest BCUT2D eigenvalue weighted by molar-refractivity contribution is 0.372. The molecule has 0 amide bonds. The number of aryl methyl sites for hydroxylation is 2. The molecule has 2 rings (SSSR count). The van der Waals surface area contributed by atoms with E-state index in [1.807, 2.05) is 6.92 Å². The van der Waals surface area contributed by atoms with E-state index in [-0.39, 0.29) is 0 Å². The number of hydrogen-bond donors (Lipinski definition) is 2. The predicted octanol–water partition coefficient (Wildman–Crippen LogP) is 1.81. The first-order valence-corrected chi connectivity index (χ1v) is 7.62. The molecule has 1 saturated carbocycles. The van der Waals surface area contributed by atoms with Crippen molar-refractivity contribution in [3.8, 4) is 0 Å². The van der Waals surface area contributed by atoms with Crippen molar-refractivity contribution >= 4 is 5.96 Å². The number of guanidine groups is 1. The summed E-state index contributed by atoms with van der Waals surface area (Å²) in [5.41, 5.74) is 0. The Bertz CT molecular complexity index is 423. The predicted molar refractivity (Wildman–Crippen MR) is 78.7 cm³/mol. The van der Waals surface area contributed by atoms with E-state index >= 15 is 0 Å². The third-order valence-corrected chi connectivity index (χ3v) is 3.43. The summed E-state index contributed by atoms with van der Waals surface area (Å²) in [6, 6.07) is 0.589. The smallest absolute Gasteiger partial charge is 0.226 e. The van der Waals surface area contributed by atoms with Gasteiger partial charge in [0.2, 0.25) is 5.89 Å². The highest BCUT2D eigenvalue weighted by Crippen LogP contribution is 2.17. The highest BCUT2D eigenvalue weighted by Gasteiger charge is 2.15. The standard InChI is InChI=1S/C14H25N5O/c1-3-15-14(18-12-7-4-5-8-12)16-10-6-9-13-17-11(2)19-20-13/h12H,3-10H2,1-2H3,(H2,15,16,18). The average molecular weight is 279 g/mol. The lowest BCUT2D eigenvalue weighted by atomic mass is 10.2. The van der Waals surface area contributed by atoms with E-state index in [2.05, 4.69) is 32.7 Å². The van der Waals surface area contributed by atoms with Crippen molar-refractivity contribution in [2.75, 3.05) is 13.1 Å². The molecule has 0 spiro atoms. The van der Waals surface area contributed by atoms with Crippen molar-refractivity contribution in [2.45, 2.75) is 58.4 Å². The van der Waals surface area contributed by atoms with Crippen LogP contribution in [0.1, 0.15) is 50.7 Å². The molecular formula is C14H25N5O. The van der Waals surface area contributed by atoms with Crippen LogP contribution < -0.4 is 10.6 Å². The first-order valence-electron chi connectivity index (χ1n) is 7.62. The summed E-state index contributed by atoms with van der Waals surface area (Å²) in [5.74, 6) is 2.33. The van der Waals surface area contributed by atoms with E-state index in [0.29, 0.717) is 17.8 Å². The maximum Gasteiger partial charge on any atom is 0.226 e. The summed E-state index contributed by atoms with van der Waals surface area (Å²) in [5, 5.41) is 10.6. The molecule has 0 aliphatic heterocycles. The molecule has 0 atom stereocenters. The largest absolute Gasteiger partial charge is 0.357 e. The first-order chi connectivity index (χ1) is 9.78. The van der Waals surface area contributed by atoms with E-state index in [9.17, 15) is 0 Å². The molecule has 1 aromatic heterocycles.